The van der Waals surface area contributed by atoms with Gasteiger partial charge in [0.05, 0.1) is 12.5 Å². The van der Waals surface area contributed by atoms with Gasteiger partial charge in [0.15, 0.2) is 0 Å². The summed E-state index contributed by atoms with van der Waals surface area (Å²) in [6.45, 7) is 7.56. The van der Waals surface area contributed by atoms with E-state index in [1.807, 2.05) is 50.1 Å². The van der Waals surface area contributed by atoms with Crippen molar-refractivity contribution in [3.05, 3.63) is 48.2 Å². The Morgan fingerprint density at radius 1 is 1.35 bits per heavy atom. The Labute approximate surface area is 153 Å². The molecule has 2 aromatic rings. The molecule has 0 bridgehead atoms. The number of fused-ring (bicyclic) bond motifs is 1. The lowest BCUT2D eigenvalue weighted by Crippen LogP contribution is -2.50. The Bertz CT molecular complexity index is 751. The Hall–Kier alpha value is -2.70. The van der Waals surface area contributed by atoms with Crippen molar-refractivity contribution in [2.45, 2.75) is 39.4 Å². The Balaban J connectivity index is 1.80. The quantitative estimate of drug-likeness (QED) is 0.892. The summed E-state index contributed by atoms with van der Waals surface area (Å²) in [7, 11) is 0. The van der Waals surface area contributed by atoms with E-state index >= 15 is 0 Å². The first-order valence-corrected chi connectivity index (χ1v) is 9.03. The van der Waals surface area contributed by atoms with E-state index in [0.717, 1.165) is 17.8 Å². The summed E-state index contributed by atoms with van der Waals surface area (Å²) in [4.78, 5) is 28.7. The normalized spacial score (nSPS) is 16.5. The summed E-state index contributed by atoms with van der Waals surface area (Å²) in [6, 6.07) is 5.53. The van der Waals surface area contributed by atoms with Crippen LogP contribution in [-0.2, 0) is 11.3 Å². The number of furan rings is 1. The molecule has 140 valence electrons. The zero-order chi connectivity index (χ0) is 18.7. The molecule has 0 saturated heterocycles. The topological polar surface area (TPSA) is 70.7 Å². The van der Waals surface area contributed by atoms with Crippen molar-refractivity contribution < 1.29 is 14.0 Å². The van der Waals surface area contributed by atoms with Gasteiger partial charge >= 0.3 is 6.03 Å². The number of rotatable bonds is 5. The Morgan fingerprint density at radius 3 is 2.81 bits per heavy atom. The molecule has 0 spiro atoms. The fourth-order valence-electron chi connectivity index (χ4n) is 3.35. The van der Waals surface area contributed by atoms with Gasteiger partial charge in [0, 0.05) is 43.1 Å². The maximum atomic E-state index is 13.1. The van der Waals surface area contributed by atoms with E-state index in [4.69, 9.17) is 4.42 Å². The molecule has 1 unspecified atom stereocenters. The number of hydrogen-bond acceptors (Lipinski definition) is 3. The molecule has 1 N–H and O–H groups in total. The van der Waals surface area contributed by atoms with Crippen molar-refractivity contribution in [1.29, 1.82) is 0 Å². The van der Waals surface area contributed by atoms with E-state index in [1.165, 1.54) is 0 Å². The minimum atomic E-state index is -0.212. The molecule has 1 atom stereocenters. The molecule has 0 aromatic carbocycles. The molecule has 0 radical (unpaired) electrons. The van der Waals surface area contributed by atoms with Gasteiger partial charge in [-0.1, -0.05) is 0 Å². The first-order valence-electron chi connectivity index (χ1n) is 9.03. The minimum absolute atomic E-state index is 0.0311. The molecule has 1 aliphatic heterocycles. The van der Waals surface area contributed by atoms with Gasteiger partial charge in [-0.15, -0.1) is 0 Å². The third-order valence-corrected chi connectivity index (χ3v) is 4.62. The SMILES string of the molecule is CCN(CC(=O)N1CCn2cccc2C1c1ccoc1)C(=O)NC(C)C. The number of likely N-dealkylation sites (N-methyl/N-ethyl adjacent to an activating group) is 1. The van der Waals surface area contributed by atoms with E-state index in [0.29, 0.717) is 13.1 Å². The first-order chi connectivity index (χ1) is 12.5. The fourth-order valence-corrected chi connectivity index (χ4v) is 3.35. The molecule has 7 nitrogen and oxygen atoms in total. The third kappa shape index (κ3) is 3.61. The zero-order valence-corrected chi connectivity index (χ0v) is 15.5. The molecule has 26 heavy (non-hydrogen) atoms. The van der Waals surface area contributed by atoms with Gasteiger partial charge in [0.2, 0.25) is 5.91 Å². The van der Waals surface area contributed by atoms with Crippen LogP contribution >= 0.6 is 0 Å². The molecule has 2 aromatic heterocycles. The largest absolute Gasteiger partial charge is 0.472 e. The van der Waals surface area contributed by atoms with Gasteiger partial charge in [-0.25, -0.2) is 4.79 Å². The van der Waals surface area contributed by atoms with Gasteiger partial charge in [-0.05, 0) is 39.0 Å². The summed E-state index contributed by atoms with van der Waals surface area (Å²) in [5.41, 5.74) is 1.99. The second-order valence-electron chi connectivity index (χ2n) is 6.79. The van der Waals surface area contributed by atoms with Crippen molar-refractivity contribution in [3.8, 4) is 0 Å². The fraction of sp³-hybridized carbons (Fsp3) is 0.474. The van der Waals surface area contributed by atoms with Gasteiger partial charge < -0.3 is 24.1 Å². The average Bonchev–Trinajstić information content (AvgIpc) is 3.28. The molecule has 0 saturated carbocycles. The van der Waals surface area contributed by atoms with Gasteiger partial charge in [0.25, 0.3) is 0 Å². The van der Waals surface area contributed by atoms with Crippen molar-refractivity contribution in [2.75, 3.05) is 19.6 Å². The molecule has 7 heteroatoms. The van der Waals surface area contributed by atoms with Gasteiger partial charge in [0.1, 0.15) is 12.6 Å². The van der Waals surface area contributed by atoms with Crippen LogP contribution in [0.15, 0.2) is 41.3 Å². The highest BCUT2D eigenvalue weighted by Gasteiger charge is 2.33. The van der Waals surface area contributed by atoms with Crippen LogP contribution < -0.4 is 5.32 Å². The maximum Gasteiger partial charge on any atom is 0.318 e. The van der Waals surface area contributed by atoms with Crippen molar-refractivity contribution in [1.82, 2.24) is 19.7 Å². The molecule has 0 aliphatic carbocycles. The average molecular weight is 358 g/mol. The number of carbonyl (C=O) groups excluding carboxylic acids is 2. The van der Waals surface area contributed by atoms with Crippen molar-refractivity contribution in [3.63, 3.8) is 0 Å². The lowest BCUT2D eigenvalue weighted by molar-refractivity contribution is -0.134. The van der Waals surface area contributed by atoms with Crippen LogP contribution in [-0.4, -0.2) is 52.0 Å². The van der Waals surface area contributed by atoms with Gasteiger partial charge in [-0.3, -0.25) is 4.79 Å². The predicted molar refractivity (Wildman–Crippen MR) is 97.6 cm³/mol. The van der Waals surface area contributed by atoms with E-state index < -0.39 is 0 Å². The summed E-state index contributed by atoms with van der Waals surface area (Å²) < 4.78 is 7.41. The number of hydrogen-bond donors (Lipinski definition) is 1. The van der Waals surface area contributed by atoms with Crippen LogP contribution in [0.2, 0.25) is 0 Å². The minimum Gasteiger partial charge on any atom is -0.472 e. The number of aromatic nitrogens is 1. The van der Waals surface area contributed by atoms with Crippen LogP contribution in [0, 0.1) is 0 Å². The second kappa shape index (κ2) is 7.68. The first kappa shape index (κ1) is 18.1. The number of nitrogens with one attached hydrogen (secondary N) is 1. The van der Waals surface area contributed by atoms with Crippen LogP contribution in [0.25, 0.3) is 0 Å². The molecule has 3 rings (SSSR count). The standard InChI is InChI=1S/C19H26N4O3/c1-4-21(19(25)20-14(2)3)12-17(24)23-10-9-22-8-5-6-16(22)18(23)15-7-11-26-13-15/h5-8,11,13-14,18H,4,9-10,12H2,1-3H3,(H,20,25). The Morgan fingerprint density at radius 2 is 2.15 bits per heavy atom. The zero-order valence-electron chi connectivity index (χ0n) is 15.5. The lowest BCUT2D eigenvalue weighted by Gasteiger charge is -2.37. The maximum absolute atomic E-state index is 13.1. The summed E-state index contributed by atoms with van der Waals surface area (Å²) in [5.74, 6) is -0.0654. The number of carbonyl (C=O) groups is 2. The predicted octanol–water partition coefficient (Wildman–Crippen LogP) is 2.45. The van der Waals surface area contributed by atoms with Crippen LogP contribution in [0.1, 0.15) is 38.1 Å². The third-order valence-electron chi connectivity index (χ3n) is 4.62. The van der Waals surface area contributed by atoms with Crippen LogP contribution in [0.3, 0.4) is 0 Å². The Kier molecular flexibility index (Phi) is 5.35. The van der Waals surface area contributed by atoms with Crippen LogP contribution in [0.4, 0.5) is 4.79 Å². The highest BCUT2D eigenvalue weighted by Crippen LogP contribution is 2.32. The number of urea groups is 1. The van der Waals surface area contributed by atoms with Crippen molar-refractivity contribution in [2.24, 2.45) is 0 Å². The van der Waals surface area contributed by atoms with E-state index in [1.54, 1.807) is 17.4 Å². The smallest absolute Gasteiger partial charge is 0.318 e. The number of amides is 3. The van der Waals surface area contributed by atoms with Gasteiger partial charge in [-0.2, -0.15) is 0 Å². The number of nitrogens with zero attached hydrogens (tertiary/aromatic N) is 3. The van der Waals surface area contributed by atoms with Crippen LogP contribution in [0.5, 0.6) is 0 Å². The molecular weight excluding hydrogens is 332 g/mol. The lowest BCUT2D eigenvalue weighted by atomic mass is 10.0. The highest BCUT2D eigenvalue weighted by atomic mass is 16.3. The molecule has 0 fully saturated rings. The summed E-state index contributed by atoms with van der Waals surface area (Å²) in [6.07, 6.45) is 5.32. The molecule has 3 heterocycles. The van der Waals surface area contributed by atoms with Crippen molar-refractivity contribution >= 4 is 11.9 Å². The monoisotopic (exact) mass is 358 g/mol. The second-order valence-corrected chi connectivity index (χ2v) is 6.79. The highest BCUT2D eigenvalue weighted by molar-refractivity contribution is 5.84. The molecule has 3 amide bonds. The van der Waals surface area contributed by atoms with E-state index in [-0.39, 0.29) is 30.6 Å². The van der Waals surface area contributed by atoms with E-state index in [9.17, 15) is 9.59 Å². The van der Waals surface area contributed by atoms with E-state index in [2.05, 4.69) is 9.88 Å². The molecular formula is C19H26N4O3. The summed E-state index contributed by atoms with van der Waals surface area (Å²) in [5, 5.41) is 2.85. The molecule has 1 aliphatic rings. The summed E-state index contributed by atoms with van der Waals surface area (Å²) >= 11 is 0.